The molecule has 26 heavy (non-hydrogen) atoms. The first-order chi connectivity index (χ1) is 12.3. The van der Waals surface area contributed by atoms with Gasteiger partial charge in [0.25, 0.3) is 5.91 Å². The summed E-state index contributed by atoms with van der Waals surface area (Å²) in [7, 11) is 0. The molecule has 0 saturated heterocycles. The maximum Gasteiger partial charge on any atom is 0.339 e. The molecule has 1 aliphatic heterocycles. The molecule has 2 unspecified atom stereocenters. The Morgan fingerprint density at radius 2 is 1.77 bits per heavy atom. The number of rotatable bonds is 3. The Morgan fingerprint density at radius 1 is 1.12 bits per heavy atom. The number of hydrogen-bond donors (Lipinski definition) is 1. The third-order valence-corrected chi connectivity index (χ3v) is 4.82. The summed E-state index contributed by atoms with van der Waals surface area (Å²) in [5.74, 6) is -0.700. The average molecular weight is 351 g/mol. The summed E-state index contributed by atoms with van der Waals surface area (Å²) in [5, 5.41) is 2.96. The predicted molar refractivity (Wildman–Crippen MR) is 101 cm³/mol. The van der Waals surface area contributed by atoms with Crippen molar-refractivity contribution in [2.75, 3.05) is 0 Å². The summed E-state index contributed by atoms with van der Waals surface area (Å²) >= 11 is 0. The van der Waals surface area contributed by atoms with E-state index >= 15 is 0 Å². The molecule has 1 aliphatic rings. The number of amides is 1. The Bertz CT molecular complexity index is 818. The minimum atomic E-state index is -0.784. The second-order valence-corrected chi connectivity index (χ2v) is 7.86. The van der Waals surface area contributed by atoms with Crippen LogP contribution in [0, 0.1) is 0 Å². The van der Waals surface area contributed by atoms with E-state index in [9.17, 15) is 9.59 Å². The van der Waals surface area contributed by atoms with Gasteiger partial charge in [-0.05, 0) is 35.1 Å². The monoisotopic (exact) mass is 351 g/mol. The maximum atomic E-state index is 12.6. The van der Waals surface area contributed by atoms with Gasteiger partial charge in [0.1, 0.15) is 0 Å². The fourth-order valence-electron chi connectivity index (χ4n) is 3.14. The van der Waals surface area contributed by atoms with Crippen LogP contribution < -0.4 is 5.32 Å². The minimum absolute atomic E-state index is 0.0920. The Morgan fingerprint density at radius 3 is 2.42 bits per heavy atom. The van der Waals surface area contributed by atoms with Gasteiger partial charge in [-0.3, -0.25) is 4.79 Å². The second-order valence-electron chi connectivity index (χ2n) is 7.86. The standard InChI is InChI=1S/C22H25NO3/c1-14(15-9-11-17(12-10-15)22(2,3)4)23-20(24)19-13-16-7-5-6-8-18(16)21(25)26-19/h5-12,14,19H,13H2,1-4H3,(H,23,24). The molecule has 2 aromatic carbocycles. The van der Waals surface area contributed by atoms with Crippen LogP contribution in [0.3, 0.4) is 0 Å². The molecule has 2 atom stereocenters. The topological polar surface area (TPSA) is 55.4 Å². The lowest BCUT2D eigenvalue weighted by molar-refractivity contribution is -0.131. The Labute approximate surface area is 154 Å². The van der Waals surface area contributed by atoms with Crippen LogP contribution in [-0.2, 0) is 21.4 Å². The van der Waals surface area contributed by atoms with E-state index in [0.717, 1.165) is 11.1 Å². The third-order valence-electron chi connectivity index (χ3n) is 4.82. The van der Waals surface area contributed by atoms with Crippen molar-refractivity contribution in [2.45, 2.75) is 51.7 Å². The molecule has 1 amide bonds. The average Bonchev–Trinajstić information content (AvgIpc) is 2.61. The highest BCUT2D eigenvalue weighted by Gasteiger charge is 2.31. The van der Waals surface area contributed by atoms with E-state index in [4.69, 9.17) is 4.74 Å². The lowest BCUT2D eigenvalue weighted by Gasteiger charge is -2.25. The molecule has 0 aliphatic carbocycles. The molecular formula is C22H25NO3. The van der Waals surface area contributed by atoms with E-state index in [1.165, 1.54) is 5.56 Å². The van der Waals surface area contributed by atoms with E-state index in [0.29, 0.717) is 12.0 Å². The van der Waals surface area contributed by atoms with Gasteiger partial charge in [0.05, 0.1) is 11.6 Å². The molecule has 0 saturated carbocycles. The maximum absolute atomic E-state index is 12.6. The van der Waals surface area contributed by atoms with Crippen LogP contribution in [-0.4, -0.2) is 18.0 Å². The third kappa shape index (κ3) is 3.79. The first-order valence-electron chi connectivity index (χ1n) is 8.95. The molecule has 0 bridgehead atoms. The number of fused-ring (bicyclic) bond motifs is 1. The first kappa shape index (κ1) is 18.2. The molecule has 1 heterocycles. The quantitative estimate of drug-likeness (QED) is 0.852. The lowest BCUT2D eigenvalue weighted by atomic mass is 9.86. The van der Waals surface area contributed by atoms with Crippen molar-refractivity contribution in [3.05, 3.63) is 70.8 Å². The van der Waals surface area contributed by atoms with Crippen molar-refractivity contribution in [2.24, 2.45) is 0 Å². The van der Waals surface area contributed by atoms with Crippen LogP contribution in [0.5, 0.6) is 0 Å². The number of carbonyl (C=O) groups is 2. The molecule has 136 valence electrons. The van der Waals surface area contributed by atoms with Gasteiger partial charge in [-0.1, -0.05) is 63.2 Å². The fraction of sp³-hybridized carbons (Fsp3) is 0.364. The van der Waals surface area contributed by atoms with Crippen LogP contribution in [0.15, 0.2) is 48.5 Å². The molecule has 1 N–H and O–H groups in total. The number of carbonyl (C=O) groups excluding carboxylic acids is 2. The van der Waals surface area contributed by atoms with Crippen molar-refractivity contribution < 1.29 is 14.3 Å². The predicted octanol–water partition coefficient (Wildman–Crippen LogP) is 3.94. The second kappa shape index (κ2) is 6.94. The highest BCUT2D eigenvalue weighted by molar-refractivity contribution is 5.95. The summed E-state index contributed by atoms with van der Waals surface area (Å²) in [4.78, 5) is 24.7. The largest absolute Gasteiger partial charge is 0.448 e. The zero-order valence-electron chi connectivity index (χ0n) is 15.7. The molecule has 2 aromatic rings. The summed E-state index contributed by atoms with van der Waals surface area (Å²) in [6.07, 6.45) is -0.377. The van der Waals surface area contributed by atoms with E-state index in [1.54, 1.807) is 12.1 Å². The molecule has 0 aromatic heterocycles. The van der Waals surface area contributed by atoms with Gasteiger partial charge < -0.3 is 10.1 Å². The van der Waals surface area contributed by atoms with Gasteiger partial charge in [0.2, 0.25) is 0 Å². The van der Waals surface area contributed by atoms with Gasteiger partial charge in [-0.25, -0.2) is 4.79 Å². The number of nitrogens with one attached hydrogen (secondary N) is 1. The first-order valence-corrected chi connectivity index (χ1v) is 8.95. The number of cyclic esters (lactones) is 1. The SMILES string of the molecule is CC(NC(=O)C1Cc2ccccc2C(=O)O1)c1ccc(C(C)(C)C)cc1. The number of hydrogen-bond acceptors (Lipinski definition) is 3. The van der Waals surface area contributed by atoms with Crippen LogP contribution in [0.25, 0.3) is 0 Å². The molecule has 0 fully saturated rings. The lowest BCUT2D eigenvalue weighted by Crippen LogP contribution is -2.42. The zero-order valence-corrected chi connectivity index (χ0v) is 15.7. The normalized spacial score (nSPS) is 17.8. The Kier molecular flexibility index (Phi) is 4.86. The van der Waals surface area contributed by atoms with Crippen LogP contribution in [0.1, 0.15) is 60.8 Å². The van der Waals surface area contributed by atoms with Crippen molar-refractivity contribution in [1.82, 2.24) is 5.32 Å². The van der Waals surface area contributed by atoms with Crippen LogP contribution in [0.4, 0.5) is 0 Å². The summed E-state index contributed by atoms with van der Waals surface area (Å²) in [5.41, 5.74) is 3.76. The smallest absolute Gasteiger partial charge is 0.339 e. The zero-order chi connectivity index (χ0) is 18.9. The van der Waals surface area contributed by atoms with Gasteiger partial charge in [-0.15, -0.1) is 0 Å². The molecule has 4 nitrogen and oxygen atoms in total. The number of esters is 1. The van der Waals surface area contributed by atoms with Gasteiger partial charge in [-0.2, -0.15) is 0 Å². The summed E-state index contributed by atoms with van der Waals surface area (Å²) in [6, 6.07) is 15.4. The van der Waals surface area contributed by atoms with Crippen molar-refractivity contribution in [1.29, 1.82) is 0 Å². The molecule has 0 spiro atoms. The Balaban J connectivity index is 1.67. The van der Waals surface area contributed by atoms with Gasteiger partial charge in [0, 0.05) is 6.42 Å². The Hall–Kier alpha value is -2.62. The van der Waals surface area contributed by atoms with E-state index in [1.807, 2.05) is 31.2 Å². The van der Waals surface area contributed by atoms with Gasteiger partial charge >= 0.3 is 5.97 Å². The molecule has 4 heteroatoms. The highest BCUT2D eigenvalue weighted by atomic mass is 16.5. The molecular weight excluding hydrogens is 326 g/mol. The number of ether oxygens (including phenoxy) is 1. The van der Waals surface area contributed by atoms with E-state index in [-0.39, 0.29) is 17.4 Å². The summed E-state index contributed by atoms with van der Waals surface area (Å²) in [6.45, 7) is 8.44. The van der Waals surface area contributed by atoms with E-state index in [2.05, 4.69) is 38.2 Å². The number of benzene rings is 2. The molecule has 0 radical (unpaired) electrons. The van der Waals surface area contributed by atoms with Crippen LogP contribution >= 0.6 is 0 Å². The molecule has 3 rings (SSSR count). The van der Waals surface area contributed by atoms with Crippen molar-refractivity contribution in [3.63, 3.8) is 0 Å². The minimum Gasteiger partial charge on any atom is -0.448 e. The van der Waals surface area contributed by atoms with Crippen molar-refractivity contribution >= 4 is 11.9 Å². The van der Waals surface area contributed by atoms with Crippen LogP contribution in [0.2, 0.25) is 0 Å². The highest BCUT2D eigenvalue weighted by Crippen LogP contribution is 2.25. The van der Waals surface area contributed by atoms with Crippen molar-refractivity contribution in [3.8, 4) is 0 Å². The van der Waals surface area contributed by atoms with E-state index < -0.39 is 12.1 Å². The van der Waals surface area contributed by atoms with Gasteiger partial charge in [0.15, 0.2) is 6.10 Å². The fourth-order valence-corrected chi connectivity index (χ4v) is 3.14. The summed E-state index contributed by atoms with van der Waals surface area (Å²) < 4.78 is 5.32.